The van der Waals surface area contributed by atoms with Crippen LogP contribution in [0.3, 0.4) is 0 Å². The van der Waals surface area contributed by atoms with E-state index < -0.39 is 22.7 Å². The van der Waals surface area contributed by atoms with Gasteiger partial charge in [-0.1, -0.05) is 0 Å². The molecule has 0 aliphatic rings. The van der Waals surface area contributed by atoms with Crippen LogP contribution in [0.25, 0.3) is 0 Å². The van der Waals surface area contributed by atoms with E-state index in [1.807, 2.05) is 0 Å². The van der Waals surface area contributed by atoms with Gasteiger partial charge in [-0.2, -0.15) is 8.42 Å². The van der Waals surface area contributed by atoms with Crippen LogP contribution in [0.1, 0.15) is 0 Å². The zero-order valence-electron chi connectivity index (χ0n) is 3.94. The van der Waals surface area contributed by atoms with Crippen molar-refractivity contribution in [1.29, 1.82) is 0 Å². The molecule has 0 unspecified atom stereocenters. The fourth-order valence-electron chi connectivity index (χ4n) is 0.0498. The van der Waals surface area contributed by atoms with Gasteiger partial charge in [0.25, 0.3) is 0 Å². The third kappa shape index (κ3) is 10.7. The molecule has 0 bridgehead atoms. The maximum absolute atomic E-state index is 9.35. The van der Waals surface area contributed by atoms with Gasteiger partial charge >= 0.3 is 22.7 Å². The van der Waals surface area contributed by atoms with E-state index in [-0.39, 0.29) is 51.4 Å². The normalized spacial score (nSPS) is 16.2. The van der Waals surface area contributed by atoms with E-state index in [0.29, 0.717) is 0 Å². The Morgan fingerprint density at radius 3 is 1.38 bits per heavy atom. The Morgan fingerprint density at radius 1 is 1.12 bits per heavy atom. The minimum atomic E-state index is -2.65. The molecule has 8 heavy (non-hydrogen) atoms. The first kappa shape index (κ1) is 12.5. The van der Waals surface area contributed by atoms with Crippen molar-refractivity contribution in [2.75, 3.05) is 0 Å². The Bertz CT molecular complexity index is 86.6. The molecule has 0 rings (SSSR count). The molecule has 8 heteroatoms. The SMILES string of the molecule is O=S(O)OS(=O)O.[K]. The van der Waals surface area contributed by atoms with Gasteiger partial charge < -0.3 is 0 Å². The Morgan fingerprint density at radius 2 is 1.38 bits per heavy atom. The molecule has 0 aromatic heterocycles. The Kier molecular flexibility index (Phi) is 10.8. The van der Waals surface area contributed by atoms with Gasteiger partial charge in [-0.3, -0.25) is 9.11 Å². The molecule has 0 fully saturated rings. The van der Waals surface area contributed by atoms with E-state index >= 15 is 0 Å². The van der Waals surface area contributed by atoms with Crippen LogP contribution in [-0.2, 0) is 26.4 Å². The van der Waals surface area contributed by atoms with Crippen LogP contribution >= 0.6 is 0 Å². The summed E-state index contributed by atoms with van der Waals surface area (Å²) in [6.45, 7) is 0. The van der Waals surface area contributed by atoms with Crippen molar-refractivity contribution in [1.82, 2.24) is 0 Å². The van der Waals surface area contributed by atoms with E-state index in [2.05, 4.69) is 3.63 Å². The standard InChI is InChI=1S/K.H2O5S2/c;1-6(2)5-7(3)4/h;(H,1,2)(H,3,4). The molecule has 0 saturated heterocycles. The fourth-order valence-corrected chi connectivity index (χ4v) is 0.448. The molecular formula is H2KO5S2. The van der Waals surface area contributed by atoms with Gasteiger partial charge in [-0.05, 0) is 0 Å². The van der Waals surface area contributed by atoms with Crippen molar-refractivity contribution in [3.63, 3.8) is 0 Å². The smallest absolute Gasteiger partial charge is 0.283 e. The van der Waals surface area contributed by atoms with Gasteiger partial charge in [0.1, 0.15) is 0 Å². The molecule has 0 aliphatic carbocycles. The first-order chi connectivity index (χ1) is 3.13. The van der Waals surface area contributed by atoms with Gasteiger partial charge in [-0.25, -0.2) is 0 Å². The van der Waals surface area contributed by atoms with Crippen LogP contribution in [-0.4, -0.2) is 68.9 Å². The Hall–Kier alpha value is 1.82. The molecule has 0 aliphatic heterocycles. The fraction of sp³-hybridized carbons (Fsp3) is 0. The summed E-state index contributed by atoms with van der Waals surface area (Å²) in [6, 6.07) is 0. The van der Waals surface area contributed by atoms with E-state index in [1.165, 1.54) is 0 Å². The first-order valence-electron chi connectivity index (χ1n) is 1.03. The van der Waals surface area contributed by atoms with Crippen LogP contribution in [0, 0.1) is 0 Å². The van der Waals surface area contributed by atoms with Crippen LogP contribution < -0.4 is 0 Å². The van der Waals surface area contributed by atoms with Crippen molar-refractivity contribution >= 4 is 74.1 Å². The third-order valence-electron chi connectivity index (χ3n) is 0.116. The first-order valence-corrected chi connectivity index (χ1v) is 3.10. The summed E-state index contributed by atoms with van der Waals surface area (Å²) in [4.78, 5) is 0. The van der Waals surface area contributed by atoms with Crippen molar-refractivity contribution in [3.05, 3.63) is 0 Å². The summed E-state index contributed by atoms with van der Waals surface area (Å²) >= 11 is -5.29. The molecule has 2 N–H and O–H groups in total. The maximum Gasteiger partial charge on any atom is 0.317 e. The molecule has 0 saturated carbocycles. The summed E-state index contributed by atoms with van der Waals surface area (Å²) in [7, 11) is 0. The molecule has 0 heterocycles. The second-order valence-electron chi connectivity index (χ2n) is 0.502. The molecule has 0 spiro atoms. The Balaban J connectivity index is 0. The van der Waals surface area contributed by atoms with Crippen LogP contribution in [0.4, 0.5) is 0 Å². The second-order valence-corrected chi connectivity index (χ2v) is 1.92. The molecule has 45 valence electrons. The Labute approximate surface area is 93.6 Å². The molecule has 0 amide bonds. The minimum absolute atomic E-state index is 0. The average Bonchev–Trinajstić information content (AvgIpc) is 1.27. The zero-order chi connectivity index (χ0) is 5.86. The van der Waals surface area contributed by atoms with Crippen LogP contribution in [0.15, 0.2) is 0 Å². The van der Waals surface area contributed by atoms with Gasteiger partial charge in [0.2, 0.25) is 0 Å². The molecule has 5 nitrogen and oxygen atoms in total. The summed E-state index contributed by atoms with van der Waals surface area (Å²) in [5, 5.41) is 0. The third-order valence-corrected chi connectivity index (χ3v) is 1.05. The summed E-state index contributed by atoms with van der Waals surface area (Å²) in [5.41, 5.74) is 0. The maximum atomic E-state index is 9.35. The molecular weight excluding hydrogens is 183 g/mol. The van der Waals surface area contributed by atoms with Crippen LogP contribution in [0.2, 0.25) is 0 Å². The molecule has 1 radical (unpaired) electrons. The van der Waals surface area contributed by atoms with Gasteiger partial charge in [0.05, 0.1) is 0 Å². The average molecular weight is 185 g/mol. The topological polar surface area (TPSA) is 83.8 Å². The van der Waals surface area contributed by atoms with E-state index in [0.717, 1.165) is 0 Å². The minimum Gasteiger partial charge on any atom is -0.283 e. The second kappa shape index (κ2) is 6.93. The van der Waals surface area contributed by atoms with Crippen molar-refractivity contribution in [3.8, 4) is 0 Å². The number of rotatable bonds is 2. The molecule has 0 aromatic carbocycles. The van der Waals surface area contributed by atoms with Crippen molar-refractivity contribution < 1.29 is 21.2 Å². The van der Waals surface area contributed by atoms with Crippen LogP contribution in [0.5, 0.6) is 0 Å². The largest absolute Gasteiger partial charge is 0.317 e. The number of hydrogen-bond donors (Lipinski definition) is 2. The zero-order valence-corrected chi connectivity index (χ0v) is 8.69. The van der Waals surface area contributed by atoms with E-state index in [4.69, 9.17) is 9.11 Å². The quantitative estimate of drug-likeness (QED) is 0.421. The van der Waals surface area contributed by atoms with Gasteiger partial charge in [0.15, 0.2) is 0 Å². The summed E-state index contributed by atoms with van der Waals surface area (Å²) in [6.07, 6.45) is 0. The predicted octanol–water partition coefficient (Wildman–Crippen LogP) is -1.10. The van der Waals surface area contributed by atoms with Crippen molar-refractivity contribution in [2.45, 2.75) is 0 Å². The summed E-state index contributed by atoms with van der Waals surface area (Å²) in [5.74, 6) is 0. The monoisotopic (exact) mass is 185 g/mol. The van der Waals surface area contributed by atoms with E-state index in [9.17, 15) is 8.42 Å². The molecule has 0 atom stereocenters. The summed E-state index contributed by atoms with van der Waals surface area (Å²) < 4.78 is 37.2. The van der Waals surface area contributed by atoms with Gasteiger partial charge in [-0.15, -0.1) is 3.63 Å². The van der Waals surface area contributed by atoms with Gasteiger partial charge in [0, 0.05) is 51.4 Å². The predicted molar refractivity (Wildman–Crippen MR) is 28.4 cm³/mol. The van der Waals surface area contributed by atoms with E-state index in [1.54, 1.807) is 0 Å². The van der Waals surface area contributed by atoms with Crippen molar-refractivity contribution in [2.24, 2.45) is 0 Å². The molecule has 0 aromatic rings. The number of hydrogen-bond acceptors (Lipinski definition) is 3.